The van der Waals surface area contributed by atoms with Gasteiger partial charge in [0.2, 0.25) is 0 Å². The predicted octanol–water partition coefficient (Wildman–Crippen LogP) is 5.79. The van der Waals surface area contributed by atoms with Crippen molar-refractivity contribution in [3.8, 4) is 0 Å². The lowest BCUT2D eigenvalue weighted by Crippen LogP contribution is -2.39. The SMILES string of the molecule is C=CCC(C)(C(C)C)C(C)C(C(C)C)C(C)C. The average Bonchev–Trinajstić information content (AvgIpc) is 2.16. The number of rotatable bonds is 7. The highest BCUT2D eigenvalue weighted by atomic mass is 14.4. The molecule has 0 aliphatic rings. The van der Waals surface area contributed by atoms with E-state index < -0.39 is 0 Å². The third-order valence-electron chi connectivity index (χ3n) is 5.06. The van der Waals surface area contributed by atoms with Crippen LogP contribution < -0.4 is 0 Å². The summed E-state index contributed by atoms with van der Waals surface area (Å²) in [6, 6.07) is 0. The lowest BCUT2D eigenvalue weighted by atomic mass is 9.59. The second-order valence-corrected chi connectivity index (χ2v) is 7.01. The Morgan fingerprint density at radius 2 is 1.35 bits per heavy atom. The van der Waals surface area contributed by atoms with E-state index >= 15 is 0 Å². The fourth-order valence-electron chi connectivity index (χ4n) is 3.62. The topological polar surface area (TPSA) is 0 Å². The van der Waals surface area contributed by atoms with Crippen LogP contribution in [0, 0.1) is 35.0 Å². The summed E-state index contributed by atoms with van der Waals surface area (Å²) < 4.78 is 0. The molecule has 0 saturated carbocycles. The molecule has 0 heteroatoms. The van der Waals surface area contributed by atoms with Crippen LogP contribution in [-0.4, -0.2) is 0 Å². The summed E-state index contributed by atoms with van der Waals surface area (Å²) in [7, 11) is 0. The van der Waals surface area contributed by atoms with Crippen molar-refractivity contribution in [1.82, 2.24) is 0 Å². The van der Waals surface area contributed by atoms with Crippen molar-refractivity contribution in [2.75, 3.05) is 0 Å². The molecule has 0 N–H and O–H groups in total. The van der Waals surface area contributed by atoms with Crippen LogP contribution in [0.3, 0.4) is 0 Å². The molecule has 0 aliphatic carbocycles. The number of hydrogen-bond donors (Lipinski definition) is 0. The average molecular weight is 238 g/mol. The molecule has 0 spiro atoms. The van der Waals surface area contributed by atoms with Gasteiger partial charge in [0, 0.05) is 0 Å². The molecule has 0 aromatic carbocycles. The van der Waals surface area contributed by atoms with Crippen molar-refractivity contribution in [2.45, 2.75) is 61.8 Å². The smallest absolute Gasteiger partial charge is 0.0240 e. The van der Waals surface area contributed by atoms with E-state index in [4.69, 9.17) is 0 Å². The summed E-state index contributed by atoms with van der Waals surface area (Å²) >= 11 is 0. The first-order valence-corrected chi connectivity index (χ1v) is 7.29. The number of allylic oxidation sites excluding steroid dienone is 1. The maximum Gasteiger partial charge on any atom is -0.0240 e. The van der Waals surface area contributed by atoms with Gasteiger partial charge in [0.1, 0.15) is 0 Å². The van der Waals surface area contributed by atoms with Crippen LogP contribution in [0.1, 0.15) is 61.8 Å². The van der Waals surface area contributed by atoms with Gasteiger partial charge in [-0.25, -0.2) is 0 Å². The van der Waals surface area contributed by atoms with Crippen molar-refractivity contribution >= 4 is 0 Å². The Balaban J connectivity index is 5.17. The van der Waals surface area contributed by atoms with E-state index in [-0.39, 0.29) is 0 Å². The lowest BCUT2D eigenvalue weighted by Gasteiger charge is -2.46. The highest BCUT2D eigenvalue weighted by Gasteiger charge is 2.39. The lowest BCUT2D eigenvalue weighted by molar-refractivity contribution is 0.0375. The Morgan fingerprint density at radius 3 is 1.59 bits per heavy atom. The van der Waals surface area contributed by atoms with Gasteiger partial charge in [-0.15, -0.1) is 6.58 Å². The summed E-state index contributed by atoms with van der Waals surface area (Å²) in [4.78, 5) is 0. The van der Waals surface area contributed by atoms with Crippen LogP contribution in [0.25, 0.3) is 0 Å². The summed E-state index contributed by atoms with van der Waals surface area (Å²) in [5.74, 6) is 3.75. The Kier molecular flexibility index (Phi) is 6.51. The normalized spacial score (nSPS) is 17.9. The predicted molar refractivity (Wildman–Crippen MR) is 80.1 cm³/mol. The molecule has 0 fully saturated rings. The fourth-order valence-corrected chi connectivity index (χ4v) is 3.62. The van der Waals surface area contributed by atoms with Gasteiger partial charge in [0.25, 0.3) is 0 Å². The third-order valence-corrected chi connectivity index (χ3v) is 5.06. The van der Waals surface area contributed by atoms with Crippen LogP contribution in [-0.2, 0) is 0 Å². The summed E-state index contributed by atoms with van der Waals surface area (Å²) in [5, 5.41) is 0. The zero-order valence-corrected chi connectivity index (χ0v) is 13.4. The van der Waals surface area contributed by atoms with Crippen LogP contribution in [0.2, 0.25) is 0 Å². The van der Waals surface area contributed by atoms with Crippen molar-refractivity contribution in [3.05, 3.63) is 12.7 Å². The van der Waals surface area contributed by atoms with Crippen LogP contribution >= 0.6 is 0 Å². The van der Waals surface area contributed by atoms with Gasteiger partial charge < -0.3 is 0 Å². The van der Waals surface area contributed by atoms with Crippen LogP contribution in [0.4, 0.5) is 0 Å². The molecule has 102 valence electrons. The quantitative estimate of drug-likeness (QED) is 0.492. The van der Waals surface area contributed by atoms with Gasteiger partial charge in [-0.3, -0.25) is 0 Å². The van der Waals surface area contributed by atoms with Gasteiger partial charge >= 0.3 is 0 Å². The Bertz CT molecular complexity index is 216. The van der Waals surface area contributed by atoms with Gasteiger partial charge in [-0.1, -0.05) is 61.5 Å². The summed E-state index contributed by atoms with van der Waals surface area (Å²) in [5.41, 5.74) is 0.376. The van der Waals surface area contributed by atoms with Gasteiger partial charge in [0.05, 0.1) is 0 Å². The molecule has 0 aromatic rings. The zero-order chi connectivity index (χ0) is 13.8. The minimum absolute atomic E-state index is 0.376. The van der Waals surface area contributed by atoms with Crippen LogP contribution in [0.15, 0.2) is 12.7 Å². The monoisotopic (exact) mass is 238 g/mol. The molecule has 0 aromatic heterocycles. The van der Waals surface area contributed by atoms with Crippen molar-refractivity contribution < 1.29 is 0 Å². The molecule has 2 unspecified atom stereocenters. The first-order chi connectivity index (χ1) is 7.68. The van der Waals surface area contributed by atoms with Crippen LogP contribution in [0.5, 0.6) is 0 Å². The highest BCUT2D eigenvalue weighted by molar-refractivity contribution is 4.93. The first-order valence-electron chi connectivity index (χ1n) is 7.29. The van der Waals surface area contributed by atoms with E-state index in [0.29, 0.717) is 11.3 Å². The van der Waals surface area contributed by atoms with E-state index in [2.05, 4.69) is 68.0 Å². The van der Waals surface area contributed by atoms with Crippen molar-refractivity contribution in [2.24, 2.45) is 35.0 Å². The van der Waals surface area contributed by atoms with Gasteiger partial charge in [0.15, 0.2) is 0 Å². The Labute approximate surface area is 110 Å². The second kappa shape index (κ2) is 6.61. The molecule has 0 saturated heterocycles. The largest absolute Gasteiger partial charge is 0.103 e. The molecule has 0 radical (unpaired) electrons. The van der Waals surface area contributed by atoms with E-state index in [1.54, 1.807) is 0 Å². The third kappa shape index (κ3) is 3.86. The van der Waals surface area contributed by atoms with E-state index in [0.717, 1.165) is 30.1 Å². The zero-order valence-electron chi connectivity index (χ0n) is 13.4. The molecule has 0 nitrogen and oxygen atoms in total. The Morgan fingerprint density at radius 1 is 0.941 bits per heavy atom. The molecule has 0 aliphatic heterocycles. The molecular weight excluding hydrogens is 204 g/mol. The fraction of sp³-hybridized carbons (Fsp3) is 0.882. The van der Waals surface area contributed by atoms with E-state index in [1.165, 1.54) is 0 Å². The maximum atomic E-state index is 3.96. The van der Waals surface area contributed by atoms with Gasteiger partial charge in [-0.2, -0.15) is 0 Å². The summed E-state index contributed by atoms with van der Waals surface area (Å²) in [6.07, 6.45) is 3.23. The van der Waals surface area contributed by atoms with E-state index in [9.17, 15) is 0 Å². The molecule has 0 bridgehead atoms. The maximum absolute atomic E-state index is 3.96. The molecule has 2 atom stereocenters. The van der Waals surface area contributed by atoms with Crippen molar-refractivity contribution in [3.63, 3.8) is 0 Å². The number of hydrogen-bond acceptors (Lipinski definition) is 0. The Hall–Kier alpha value is -0.260. The van der Waals surface area contributed by atoms with E-state index in [1.807, 2.05) is 0 Å². The second-order valence-electron chi connectivity index (χ2n) is 7.01. The minimum atomic E-state index is 0.376. The molecule has 17 heavy (non-hydrogen) atoms. The molecule has 0 amide bonds. The standard InChI is InChI=1S/C17H34/c1-10-11-17(9,14(6)7)15(8)16(12(2)3)13(4)5/h10,12-16H,1,11H2,2-9H3. The molecular formula is C17H34. The van der Waals surface area contributed by atoms with Gasteiger partial charge in [-0.05, 0) is 41.4 Å². The molecule has 0 heterocycles. The van der Waals surface area contributed by atoms with Crippen molar-refractivity contribution in [1.29, 1.82) is 0 Å². The minimum Gasteiger partial charge on any atom is -0.103 e. The highest BCUT2D eigenvalue weighted by Crippen LogP contribution is 2.46. The first kappa shape index (κ1) is 16.7. The molecule has 0 rings (SSSR count). The summed E-state index contributed by atoms with van der Waals surface area (Å²) in [6.45, 7) is 23.1.